The monoisotopic (exact) mass is 446 g/mol. The average Bonchev–Trinajstić information content (AvgIpc) is 3.28. The van der Waals surface area contributed by atoms with Gasteiger partial charge in [-0.05, 0) is 41.0 Å². The molecule has 0 radical (unpaired) electrons. The lowest BCUT2D eigenvalue weighted by molar-refractivity contribution is -0.152. The summed E-state index contributed by atoms with van der Waals surface area (Å²) in [6, 6.07) is 6.96. The molecule has 2 aliphatic rings. The third-order valence-corrected chi connectivity index (χ3v) is 6.19. The lowest BCUT2D eigenvalue weighted by Crippen LogP contribution is -2.41. The number of aliphatic hydroxyl groups excluding tert-OH is 2. The zero-order valence-corrected chi connectivity index (χ0v) is 18.3. The molecule has 0 bridgehead atoms. The molecule has 4 atom stereocenters. The van der Waals surface area contributed by atoms with Crippen LogP contribution in [0.5, 0.6) is 28.7 Å². The van der Waals surface area contributed by atoms with Crippen molar-refractivity contribution in [1.29, 1.82) is 0 Å². The SMILES string of the molecule is COC(=O)[C@@H]1[C@@H](c2cc(OC)c(OC)c(OC)c2)c2cc3c(cc2[C@H](O)[C@@H]1CO)OCO3. The van der Waals surface area contributed by atoms with Gasteiger partial charge in [-0.25, -0.2) is 0 Å². The predicted octanol–water partition coefficient (Wildman–Crippen LogP) is 2.02. The molecule has 0 unspecified atom stereocenters. The number of aliphatic hydroxyl groups is 2. The fourth-order valence-electron chi connectivity index (χ4n) is 4.69. The molecule has 2 N–H and O–H groups in total. The Bertz CT molecular complexity index is 994. The lowest BCUT2D eigenvalue weighted by Gasteiger charge is -2.40. The van der Waals surface area contributed by atoms with E-state index >= 15 is 0 Å². The summed E-state index contributed by atoms with van der Waals surface area (Å²) in [6.45, 7) is -0.358. The van der Waals surface area contributed by atoms with Gasteiger partial charge in [0, 0.05) is 18.4 Å². The number of methoxy groups -OCH3 is 4. The fourth-order valence-corrected chi connectivity index (χ4v) is 4.69. The number of hydrogen-bond acceptors (Lipinski definition) is 9. The van der Waals surface area contributed by atoms with E-state index in [9.17, 15) is 15.0 Å². The van der Waals surface area contributed by atoms with Crippen LogP contribution in [0.4, 0.5) is 0 Å². The Morgan fingerprint density at radius 1 is 0.969 bits per heavy atom. The average molecular weight is 446 g/mol. The second kappa shape index (κ2) is 8.76. The summed E-state index contributed by atoms with van der Waals surface area (Å²) in [5.74, 6) is -0.576. The first-order valence-electron chi connectivity index (χ1n) is 10.1. The lowest BCUT2D eigenvalue weighted by atomic mass is 9.65. The highest BCUT2D eigenvalue weighted by Gasteiger charge is 2.48. The van der Waals surface area contributed by atoms with Crippen molar-refractivity contribution in [2.75, 3.05) is 41.8 Å². The van der Waals surface area contributed by atoms with Crippen LogP contribution in [0, 0.1) is 11.8 Å². The van der Waals surface area contributed by atoms with E-state index in [1.807, 2.05) is 0 Å². The number of ether oxygens (including phenoxy) is 6. The minimum Gasteiger partial charge on any atom is -0.493 e. The first-order valence-corrected chi connectivity index (χ1v) is 10.1. The molecule has 0 fully saturated rings. The molecule has 9 nitrogen and oxygen atoms in total. The van der Waals surface area contributed by atoms with Crippen LogP contribution >= 0.6 is 0 Å². The largest absolute Gasteiger partial charge is 0.493 e. The van der Waals surface area contributed by atoms with Crippen molar-refractivity contribution >= 4 is 5.97 Å². The summed E-state index contributed by atoms with van der Waals surface area (Å²) in [4.78, 5) is 13.0. The van der Waals surface area contributed by atoms with Crippen molar-refractivity contribution in [2.24, 2.45) is 11.8 Å². The van der Waals surface area contributed by atoms with Crippen LogP contribution in [-0.4, -0.2) is 58.0 Å². The summed E-state index contributed by atoms with van der Waals surface area (Å²) in [7, 11) is 5.80. The standard InChI is InChI=1S/C23H26O9/c1-27-17-5-11(6-18(28-2)22(17)29-3)19-12-7-15-16(32-10-31-15)8-13(12)21(25)14(9-24)20(19)23(26)30-4/h5-8,14,19-21,24-25H,9-10H2,1-4H3/t14-,19+,20+,21+/m1/s1. The summed E-state index contributed by atoms with van der Waals surface area (Å²) < 4.78 is 32.5. The maximum Gasteiger partial charge on any atom is 0.310 e. The summed E-state index contributed by atoms with van der Waals surface area (Å²) in [5, 5.41) is 21.2. The summed E-state index contributed by atoms with van der Waals surface area (Å²) >= 11 is 0. The van der Waals surface area contributed by atoms with Crippen molar-refractivity contribution < 1.29 is 43.4 Å². The molecule has 0 spiro atoms. The van der Waals surface area contributed by atoms with E-state index in [4.69, 9.17) is 28.4 Å². The van der Waals surface area contributed by atoms with Crippen LogP contribution in [0.1, 0.15) is 28.7 Å². The smallest absolute Gasteiger partial charge is 0.310 e. The Kier molecular flexibility index (Phi) is 6.03. The Balaban J connectivity index is 1.99. The molecule has 172 valence electrons. The van der Waals surface area contributed by atoms with Crippen molar-refractivity contribution in [3.63, 3.8) is 0 Å². The fraction of sp³-hybridized carbons (Fsp3) is 0.435. The number of hydrogen-bond donors (Lipinski definition) is 2. The van der Waals surface area contributed by atoms with Gasteiger partial charge in [0.15, 0.2) is 23.0 Å². The van der Waals surface area contributed by atoms with Crippen molar-refractivity contribution in [3.05, 3.63) is 41.0 Å². The molecule has 32 heavy (non-hydrogen) atoms. The number of esters is 1. The van der Waals surface area contributed by atoms with Gasteiger partial charge in [0.1, 0.15) is 0 Å². The van der Waals surface area contributed by atoms with Crippen LogP contribution < -0.4 is 23.7 Å². The van der Waals surface area contributed by atoms with Gasteiger partial charge < -0.3 is 38.6 Å². The Morgan fingerprint density at radius 3 is 2.06 bits per heavy atom. The second-order valence-corrected chi connectivity index (χ2v) is 7.61. The maximum absolute atomic E-state index is 13.0. The van der Waals surface area contributed by atoms with E-state index < -0.39 is 36.4 Å². The Morgan fingerprint density at radius 2 is 1.56 bits per heavy atom. The Labute approximate surface area is 185 Å². The minimum atomic E-state index is -1.10. The van der Waals surface area contributed by atoms with Gasteiger partial charge in [0.2, 0.25) is 12.5 Å². The maximum atomic E-state index is 13.0. The molecule has 1 aliphatic heterocycles. The third-order valence-electron chi connectivity index (χ3n) is 6.19. The molecule has 0 aromatic heterocycles. The van der Waals surface area contributed by atoms with Crippen LogP contribution in [0.2, 0.25) is 0 Å². The molecule has 9 heteroatoms. The second-order valence-electron chi connectivity index (χ2n) is 7.61. The van der Waals surface area contributed by atoms with E-state index in [0.717, 1.165) is 0 Å². The molecule has 4 rings (SSSR count). The number of rotatable bonds is 6. The van der Waals surface area contributed by atoms with E-state index in [1.54, 1.807) is 24.3 Å². The molecule has 0 saturated carbocycles. The van der Waals surface area contributed by atoms with Crippen LogP contribution in [0.15, 0.2) is 24.3 Å². The van der Waals surface area contributed by atoms with Gasteiger partial charge in [-0.1, -0.05) is 0 Å². The van der Waals surface area contributed by atoms with Gasteiger partial charge in [-0.2, -0.15) is 0 Å². The molecule has 1 aliphatic carbocycles. The molecule has 0 saturated heterocycles. The highest BCUT2D eigenvalue weighted by molar-refractivity contribution is 5.77. The Hall–Kier alpha value is -3.17. The van der Waals surface area contributed by atoms with Gasteiger partial charge in [0.05, 0.1) is 40.5 Å². The zero-order chi connectivity index (χ0) is 23.0. The number of benzene rings is 2. The number of carbonyl (C=O) groups is 1. The molecular weight excluding hydrogens is 420 g/mol. The van der Waals surface area contributed by atoms with Crippen molar-refractivity contribution in [1.82, 2.24) is 0 Å². The minimum absolute atomic E-state index is 0.0625. The predicted molar refractivity (Wildman–Crippen MR) is 112 cm³/mol. The third kappa shape index (κ3) is 3.37. The first kappa shape index (κ1) is 22.0. The van der Waals surface area contributed by atoms with E-state index in [-0.39, 0.29) is 6.79 Å². The molecule has 0 amide bonds. The van der Waals surface area contributed by atoms with Crippen molar-refractivity contribution in [3.8, 4) is 28.7 Å². The summed E-state index contributed by atoms with van der Waals surface area (Å²) in [5.41, 5.74) is 1.88. The first-order chi connectivity index (χ1) is 15.5. The topological polar surface area (TPSA) is 113 Å². The van der Waals surface area contributed by atoms with Crippen LogP contribution in [-0.2, 0) is 9.53 Å². The van der Waals surface area contributed by atoms with Crippen LogP contribution in [0.3, 0.4) is 0 Å². The van der Waals surface area contributed by atoms with Gasteiger partial charge in [-0.15, -0.1) is 0 Å². The highest BCUT2D eigenvalue weighted by Crippen LogP contribution is 2.53. The van der Waals surface area contributed by atoms with Crippen molar-refractivity contribution in [2.45, 2.75) is 12.0 Å². The molecule has 2 aromatic carbocycles. The molecular formula is C23H26O9. The normalized spacial score (nSPS) is 23.3. The number of carbonyl (C=O) groups excluding carboxylic acids is 1. The van der Waals surface area contributed by atoms with E-state index in [1.165, 1.54) is 28.4 Å². The van der Waals surface area contributed by atoms with E-state index in [0.29, 0.717) is 45.4 Å². The summed E-state index contributed by atoms with van der Waals surface area (Å²) in [6.07, 6.45) is -1.10. The highest BCUT2D eigenvalue weighted by atomic mass is 16.7. The van der Waals surface area contributed by atoms with Gasteiger partial charge >= 0.3 is 5.97 Å². The molecule has 1 heterocycles. The van der Waals surface area contributed by atoms with E-state index in [2.05, 4.69) is 0 Å². The quantitative estimate of drug-likeness (QED) is 0.644. The number of fused-ring (bicyclic) bond motifs is 2. The van der Waals surface area contributed by atoms with Gasteiger partial charge in [0.25, 0.3) is 0 Å². The van der Waals surface area contributed by atoms with Crippen LogP contribution in [0.25, 0.3) is 0 Å². The molecule has 2 aromatic rings. The zero-order valence-electron chi connectivity index (χ0n) is 18.3. The van der Waals surface area contributed by atoms with Gasteiger partial charge in [-0.3, -0.25) is 4.79 Å².